The van der Waals surface area contributed by atoms with Crippen LogP contribution in [0.4, 0.5) is 31.7 Å². The number of halogens is 2. The van der Waals surface area contributed by atoms with Gasteiger partial charge < -0.3 is 29.9 Å². The zero-order valence-electron chi connectivity index (χ0n) is 24.3. The second kappa shape index (κ2) is 13.3. The Hall–Kier alpha value is -4.77. The third kappa shape index (κ3) is 6.58. The largest absolute Gasteiger partial charge is 0.494 e. The van der Waals surface area contributed by atoms with Gasteiger partial charge in [0, 0.05) is 55.1 Å². The van der Waals surface area contributed by atoms with Gasteiger partial charge in [-0.05, 0) is 50.0 Å². The van der Waals surface area contributed by atoms with Gasteiger partial charge in [0.15, 0.2) is 23.1 Å². The predicted octanol–water partition coefficient (Wildman–Crippen LogP) is 5.85. The topological polar surface area (TPSA) is 91.9 Å². The molecule has 0 bridgehead atoms. The number of carbonyl (C=O) groups is 1. The lowest BCUT2D eigenvalue weighted by Gasteiger charge is -2.24. The number of rotatable bonds is 12. The maximum absolute atomic E-state index is 15.0. The Kier molecular flexibility index (Phi) is 9.53. The molecule has 2 aromatic carbocycles. The standard InChI is InChI=1S/C31H34F2N6O3/c1-7-28(40)37-23-15-21(39(4)12-11-38(3)8-2)9-10-22(23)36-27-14-20-17-34-24(13-19(20)18-35-27)29-30(32)25(41-5)16-26(42-6)31(29)33/h7,9-10,13-18H,1,8,11-12H2,2-6H3,(H,35,36)(H,37,40). The monoisotopic (exact) mass is 576 g/mol. The molecule has 0 saturated heterocycles. The molecular weight excluding hydrogens is 542 g/mol. The Morgan fingerprint density at radius 3 is 2.26 bits per heavy atom. The maximum atomic E-state index is 15.0. The van der Waals surface area contributed by atoms with E-state index in [0.717, 1.165) is 31.4 Å². The van der Waals surface area contributed by atoms with Crippen LogP contribution in [0.2, 0.25) is 0 Å². The van der Waals surface area contributed by atoms with Gasteiger partial charge >= 0.3 is 0 Å². The minimum absolute atomic E-state index is 0.0662. The maximum Gasteiger partial charge on any atom is 0.247 e. The van der Waals surface area contributed by atoms with Crippen molar-refractivity contribution in [2.45, 2.75) is 6.92 Å². The van der Waals surface area contributed by atoms with E-state index in [1.807, 2.05) is 25.2 Å². The number of benzene rings is 2. The minimum atomic E-state index is -0.880. The van der Waals surface area contributed by atoms with Crippen molar-refractivity contribution in [1.82, 2.24) is 14.9 Å². The molecule has 0 fully saturated rings. The fourth-order valence-electron chi connectivity index (χ4n) is 4.26. The first-order chi connectivity index (χ1) is 20.2. The fourth-order valence-corrected chi connectivity index (χ4v) is 4.26. The number of carbonyl (C=O) groups excluding carboxylic acids is 1. The quantitative estimate of drug-likeness (QED) is 0.203. The van der Waals surface area contributed by atoms with E-state index in [-0.39, 0.29) is 28.7 Å². The van der Waals surface area contributed by atoms with E-state index >= 15 is 8.78 Å². The summed E-state index contributed by atoms with van der Waals surface area (Å²) in [6.07, 6.45) is 4.29. The molecule has 0 spiro atoms. The number of fused-ring (bicyclic) bond motifs is 1. The number of hydrogen-bond donors (Lipinski definition) is 2. The molecule has 1 amide bonds. The number of nitrogens with one attached hydrogen (secondary N) is 2. The first-order valence-electron chi connectivity index (χ1n) is 13.3. The summed E-state index contributed by atoms with van der Waals surface area (Å²) in [5.41, 5.74) is 1.82. The van der Waals surface area contributed by atoms with Crippen molar-refractivity contribution in [2.24, 2.45) is 0 Å². The van der Waals surface area contributed by atoms with Crippen LogP contribution in [0.15, 0.2) is 61.4 Å². The van der Waals surface area contributed by atoms with Crippen LogP contribution < -0.4 is 25.0 Å². The number of pyridine rings is 2. The number of likely N-dealkylation sites (N-methyl/N-ethyl adjacent to an activating group) is 2. The molecule has 0 aliphatic carbocycles. The highest BCUT2D eigenvalue weighted by molar-refractivity contribution is 6.02. The second-order valence-electron chi connectivity index (χ2n) is 9.64. The molecule has 42 heavy (non-hydrogen) atoms. The van der Waals surface area contributed by atoms with E-state index in [0.29, 0.717) is 28.0 Å². The van der Waals surface area contributed by atoms with Gasteiger partial charge in [-0.25, -0.2) is 13.8 Å². The normalized spacial score (nSPS) is 11.0. The second-order valence-corrected chi connectivity index (χ2v) is 9.64. The number of aromatic nitrogens is 2. The van der Waals surface area contributed by atoms with E-state index in [1.165, 1.54) is 26.5 Å². The zero-order chi connectivity index (χ0) is 30.4. The highest BCUT2D eigenvalue weighted by Crippen LogP contribution is 2.38. The third-order valence-corrected chi connectivity index (χ3v) is 6.94. The Bertz CT molecular complexity index is 1590. The number of ether oxygens (including phenoxy) is 2. The number of anilines is 4. The van der Waals surface area contributed by atoms with Gasteiger partial charge in [-0.3, -0.25) is 9.78 Å². The number of methoxy groups -OCH3 is 2. The molecule has 4 rings (SSSR count). The Morgan fingerprint density at radius 1 is 0.952 bits per heavy atom. The lowest BCUT2D eigenvalue weighted by molar-refractivity contribution is -0.111. The van der Waals surface area contributed by atoms with Gasteiger partial charge in [-0.1, -0.05) is 13.5 Å². The molecule has 4 aromatic rings. The summed E-state index contributed by atoms with van der Waals surface area (Å²) in [5.74, 6) is -1.94. The van der Waals surface area contributed by atoms with Gasteiger partial charge in [0.05, 0.1) is 36.9 Å². The first-order valence-corrected chi connectivity index (χ1v) is 13.3. The number of amides is 1. The molecule has 9 nitrogen and oxygen atoms in total. The molecule has 0 saturated carbocycles. The average molecular weight is 577 g/mol. The Labute approximate surface area is 243 Å². The fraction of sp³-hybridized carbons (Fsp3) is 0.258. The van der Waals surface area contributed by atoms with Crippen molar-refractivity contribution in [3.63, 3.8) is 0 Å². The number of hydrogen-bond acceptors (Lipinski definition) is 8. The van der Waals surface area contributed by atoms with Crippen LogP contribution in [-0.2, 0) is 4.79 Å². The Balaban J connectivity index is 1.64. The molecule has 2 heterocycles. The first kappa shape index (κ1) is 30.2. The van der Waals surface area contributed by atoms with Gasteiger partial charge in [-0.15, -0.1) is 0 Å². The molecule has 0 aliphatic heterocycles. The Morgan fingerprint density at radius 2 is 1.62 bits per heavy atom. The van der Waals surface area contributed by atoms with Crippen LogP contribution in [-0.4, -0.2) is 68.7 Å². The van der Waals surface area contributed by atoms with E-state index in [4.69, 9.17) is 9.47 Å². The molecule has 0 unspecified atom stereocenters. The predicted molar refractivity (Wildman–Crippen MR) is 163 cm³/mol. The van der Waals surface area contributed by atoms with Crippen LogP contribution in [0, 0.1) is 11.6 Å². The summed E-state index contributed by atoms with van der Waals surface area (Å²) in [7, 11) is 6.64. The van der Waals surface area contributed by atoms with Crippen molar-refractivity contribution in [3.05, 3.63) is 73.1 Å². The molecule has 0 radical (unpaired) electrons. The highest BCUT2D eigenvalue weighted by atomic mass is 19.1. The van der Waals surface area contributed by atoms with E-state index in [1.54, 1.807) is 18.3 Å². The molecule has 2 aromatic heterocycles. The number of nitrogens with zero attached hydrogens (tertiary/aromatic N) is 4. The van der Waals surface area contributed by atoms with Crippen molar-refractivity contribution < 1.29 is 23.0 Å². The van der Waals surface area contributed by atoms with Gasteiger partial charge in [0.2, 0.25) is 5.91 Å². The summed E-state index contributed by atoms with van der Waals surface area (Å²) in [4.78, 5) is 25.3. The van der Waals surface area contributed by atoms with Gasteiger partial charge in [-0.2, -0.15) is 0 Å². The van der Waals surface area contributed by atoms with Gasteiger partial charge in [0.1, 0.15) is 5.82 Å². The van der Waals surface area contributed by atoms with Crippen molar-refractivity contribution in [3.8, 4) is 22.8 Å². The summed E-state index contributed by atoms with van der Waals surface area (Å²) in [6, 6.07) is 10.2. The van der Waals surface area contributed by atoms with Gasteiger partial charge in [0.25, 0.3) is 0 Å². The molecule has 220 valence electrons. The van der Waals surface area contributed by atoms with Crippen molar-refractivity contribution >= 4 is 39.6 Å². The molecule has 2 N–H and O–H groups in total. The van der Waals surface area contributed by atoms with Crippen molar-refractivity contribution in [2.75, 3.05) is 63.5 Å². The zero-order valence-corrected chi connectivity index (χ0v) is 24.3. The molecule has 0 aliphatic rings. The highest BCUT2D eigenvalue weighted by Gasteiger charge is 2.22. The van der Waals surface area contributed by atoms with E-state index in [2.05, 4.69) is 51.0 Å². The van der Waals surface area contributed by atoms with E-state index in [9.17, 15) is 4.79 Å². The molecule has 11 heteroatoms. The minimum Gasteiger partial charge on any atom is -0.494 e. The van der Waals surface area contributed by atoms with Crippen LogP contribution in [0.3, 0.4) is 0 Å². The summed E-state index contributed by atoms with van der Waals surface area (Å²) < 4.78 is 40.2. The summed E-state index contributed by atoms with van der Waals surface area (Å²) in [5, 5.41) is 7.39. The third-order valence-electron chi connectivity index (χ3n) is 6.94. The molecule has 0 atom stereocenters. The van der Waals surface area contributed by atoms with Crippen LogP contribution in [0.1, 0.15) is 6.92 Å². The summed E-state index contributed by atoms with van der Waals surface area (Å²) in [6.45, 7) is 8.31. The summed E-state index contributed by atoms with van der Waals surface area (Å²) >= 11 is 0. The van der Waals surface area contributed by atoms with Crippen LogP contribution in [0.25, 0.3) is 22.0 Å². The lowest BCUT2D eigenvalue weighted by atomic mass is 10.1. The lowest BCUT2D eigenvalue weighted by Crippen LogP contribution is -2.30. The SMILES string of the molecule is C=CC(=O)Nc1cc(N(C)CCN(C)CC)ccc1Nc1cc2cnc(-c3c(F)c(OC)cc(OC)c3F)cc2cn1. The average Bonchev–Trinajstić information content (AvgIpc) is 3.00. The van der Waals surface area contributed by atoms with Crippen LogP contribution in [0.5, 0.6) is 11.5 Å². The van der Waals surface area contributed by atoms with Crippen LogP contribution >= 0.6 is 0 Å². The van der Waals surface area contributed by atoms with E-state index < -0.39 is 11.6 Å². The molecular formula is C31H34F2N6O3. The van der Waals surface area contributed by atoms with Crippen molar-refractivity contribution in [1.29, 1.82) is 0 Å². The smallest absolute Gasteiger partial charge is 0.247 e.